The summed E-state index contributed by atoms with van der Waals surface area (Å²) in [6.45, 7) is 4.71. The zero-order valence-corrected chi connectivity index (χ0v) is 14.9. The van der Waals surface area contributed by atoms with Gasteiger partial charge in [0.25, 0.3) is 0 Å². The molecular weight excluding hydrogens is 314 g/mol. The fraction of sp³-hybridized carbons (Fsp3) is 0.650. The molecular formula is C20H29N3O2. The molecule has 3 fully saturated rings. The van der Waals surface area contributed by atoms with Gasteiger partial charge < -0.3 is 15.4 Å². The van der Waals surface area contributed by atoms with Gasteiger partial charge in [-0.15, -0.1) is 0 Å². The second-order valence-electron chi connectivity index (χ2n) is 7.65. The highest BCUT2D eigenvalue weighted by Gasteiger charge is 2.41. The first-order valence-electron chi connectivity index (χ1n) is 9.75. The predicted molar refractivity (Wildman–Crippen MR) is 97.2 cm³/mol. The highest BCUT2D eigenvalue weighted by atomic mass is 16.5. The van der Waals surface area contributed by atoms with Gasteiger partial charge in [-0.05, 0) is 62.2 Å². The Labute approximate surface area is 150 Å². The molecule has 1 saturated carbocycles. The number of rotatable bonds is 6. The SMILES string of the molecule is O=C(NCc1ccccc1CN1CCCC1)N[C@H]1CCO[C@@H]1C1CC1. The van der Waals surface area contributed by atoms with Crippen LogP contribution in [-0.2, 0) is 17.8 Å². The molecule has 136 valence electrons. The summed E-state index contributed by atoms with van der Waals surface area (Å²) >= 11 is 0. The molecule has 0 spiro atoms. The first kappa shape index (κ1) is 16.9. The van der Waals surface area contributed by atoms with Crippen molar-refractivity contribution in [3.8, 4) is 0 Å². The standard InChI is InChI=1S/C20H29N3O2/c24-20(22-18-9-12-25-19(18)15-7-8-15)21-13-16-5-1-2-6-17(16)14-23-10-3-4-11-23/h1-2,5-6,15,18-19H,3-4,7-14H2,(H2,21,22,24)/t18-,19+/m0/s1. The molecule has 5 heteroatoms. The minimum Gasteiger partial charge on any atom is -0.376 e. The molecule has 0 radical (unpaired) electrons. The Bertz CT molecular complexity index is 596. The number of nitrogens with one attached hydrogen (secondary N) is 2. The van der Waals surface area contributed by atoms with Gasteiger partial charge in [0.05, 0.1) is 12.1 Å². The van der Waals surface area contributed by atoms with E-state index in [-0.39, 0.29) is 18.2 Å². The van der Waals surface area contributed by atoms with Crippen LogP contribution in [0, 0.1) is 5.92 Å². The molecule has 2 atom stereocenters. The Morgan fingerprint density at radius 3 is 2.64 bits per heavy atom. The van der Waals surface area contributed by atoms with Gasteiger partial charge in [0.2, 0.25) is 0 Å². The molecule has 3 aliphatic rings. The average Bonchev–Trinajstić information content (AvgIpc) is 3.13. The van der Waals surface area contributed by atoms with Crippen LogP contribution in [0.3, 0.4) is 0 Å². The summed E-state index contributed by atoms with van der Waals surface area (Å²) in [5.74, 6) is 0.661. The minimum atomic E-state index is -0.0721. The van der Waals surface area contributed by atoms with Crippen LogP contribution in [0.5, 0.6) is 0 Å². The van der Waals surface area contributed by atoms with Gasteiger partial charge in [0, 0.05) is 19.7 Å². The van der Waals surface area contributed by atoms with Crippen LogP contribution in [0.4, 0.5) is 4.79 Å². The third-order valence-electron chi connectivity index (χ3n) is 5.69. The maximum atomic E-state index is 12.3. The highest BCUT2D eigenvalue weighted by Crippen LogP contribution is 2.38. The molecule has 5 nitrogen and oxygen atoms in total. The summed E-state index contributed by atoms with van der Waals surface area (Å²) in [7, 11) is 0. The van der Waals surface area contributed by atoms with E-state index in [2.05, 4.69) is 39.8 Å². The van der Waals surface area contributed by atoms with Crippen LogP contribution in [0.15, 0.2) is 24.3 Å². The largest absolute Gasteiger partial charge is 0.376 e. The van der Waals surface area contributed by atoms with Crippen LogP contribution in [0.2, 0.25) is 0 Å². The number of carbonyl (C=O) groups excluding carboxylic acids is 1. The van der Waals surface area contributed by atoms with E-state index in [1.807, 2.05) is 0 Å². The number of hydrogen-bond donors (Lipinski definition) is 2. The monoisotopic (exact) mass is 343 g/mol. The molecule has 1 aliphatic carbocycles. The Hall–Kier alpha value is -1.59. The molecule has 1 aromatic carbocycles. The van der Waals surface area contributed by atoms with E-state index in [0.29, 0.717) is 12.5 Å². The number of likely N-dealkylation sites (tertiary alicyclic amines) is 1. The van der Waals surface area contributed by atoms with Crippen LogP contribution >= 0.6 is 0 Å². The quantitative estimate of drug-likeness (QED) is 0.835. The van der Waals surface area contributed by atoms with E-state index in [9.17, 15) is 4.79 Å². The van der Waals surface area contributed by atoms with Crippen molar-refractivity contribution in [1.29, 1.82) is 0 Å². The van der Waals surface area contributed by atoms with Crippen molar-refractivity contribution in [3.63, 3.8) is 0 Å². The highest BCUT2D eigenvalue weighted by molar-refractivity contribution is 5.74. The topological polar surface area (TPSA) is 53.6 Å². The number of nitrogens with zero attached hydrogens (tertiary/aromatic N) is 1. The summed E-state index contributed by atoms with van der Waals surface area (Å²) in [5, 5.41) is 6.17. The molecule has 2 saturated heterocycles. The first-order valence-corrected chi connectivity index (χ1v) is 9.75. The molecule has 4 rings (SSSR count). The summed E-state index contributed by atoms with van der Waals surface area (Å²) in [5.41, 5.74) is 2.54. The number of hydrogen-bond acceptors (Lipinski definition) is 3. The Balaban J connectivity index is 1.29. The number of carbonyl (C=O) groups is 1. The fourth-order valence-electron chi connectivity index (χ4n) is 4.12. The zero-order chi connectivity index (χ0) is 17.1. The van der Waals surface area contributed by atoms with Gasteiger partial charge >= 0.3 is 6.03 Å². The van der Waals surface area contributed by atoms with Crippen molar-refractivity contribution in [2.45, 2.75) is 57.3 Å². The molecule has 0 bridgehead atoms. The van der Waals surface area contributed by atoms with Gasteiger partial charge in [-0.25, -0.2) is 4.79 Å². The van der Waals surface area contributed by atoms with E-state index in [0.717, 1.165) is 19.6 Å². The van der Waals surface area contributed by atoms with Gasteiger partial charge in [-0.3, -0.25) is 4.90 Å². The lowest BCUT2D eigenvalue weighted by Crippen LogP contribution is -2.46. The lowest BCUT2D eigenvalue weighted by Gasteiger charge is -2.20. The van der Waals surface area contributed by atoms with E-state index in [4.69, 9.17) is 4.74 Å². The first-order chi connectivity index (χ1) is 12.3. The van der Waals surface area contributed by atoms with Crippen LogP contribution in [0.25, 0.3) is 0 Å². The van der Waals surface area contributed by atoms with E-state index < -0.39 is 0 Å². The van der Waals surface area contributed by atoms with Crippen molar-refractivity contribution in [2.24, 2.45) is 5.92 Å². The van der Waals surface area contributed by atoms with Crippen molar-refractivity contribution in [3.05, 3.63) is 35.4 Å². The molecule has 0 aromatic heterocycles. The number of amides is 2. The number of benzene rings is 1. The smallest absolute Gasteiger partial charge is 0.315 e. The van der Waals surface area contributed by atoms with Crippen molar-refractivity contribution >= 4 is 6.03 Å². The van der Waals surface area contributed by atoms with Crippen LogP contribution in [-0.4, -0.2) is 42.8 Å². The Kier molecular flexibility index (Phi) is 5.22. The molecule has 2 aliphatic heterocycles. The maximum Gasteiger partial charge on any atom is 0.315 e. The lowest BCUT2D eigenvalue weighted by atomic mass is 10.1. The van der Waals surface area contributed by atoms with E-state index in [1.54, 1.807) is 0 Å². The normalized spacial score (nSPS) is 26.7. The van der Waals surface area contributed by atoms with Crippen molar-refractivity contribution < 1.29 is 9.53 Å². The van der Waals surface area contributed by atoms with E-state index in [1.165, 1.54) is 49.9 Å². The summed E-state index contributed by atoms with van der Waals surface area (Å²) < 4.78 is 5.80. The maximum absolute atomic E-state index is 12.3. The molecule has 2 amide bonds. The summed E-state index contributed by atoms with van der Waals surface area (Å²) in [6, 6.07) is 8.55. The van der Waals surface area contributed by atoms with Gasteiger partial charge in [0.15, 0.2) is 0 Å². The Morgan fingerprint density at radius 2 is 1.88 bits per heavy atom. The van der Waals surface area contributed by atoms with Gasteiger partial charge in [-0.1, -0.05) is 24.3 Å². The third-order valence-corrected chi connectivity index (χ3v) is 5.69. The van der Waals surface area contributed by atoms with Crippen LogP contribution in [0.1, 0.15) is 43.2 Å². The summed E-state index contributed by atoms with van der Waals surface area (Å²) in [4.78, 5) is 14.8. The van der Waals surface area contributed by atoms with Gasteiger partial charge in [0.1, 0.15) is 0 Å². The van der Waals surface area contributed by atoms with Crippen LogP contribution < -0.4 is 10.6 Å². The second kappa shape index (κ2) is 7.75. The molecule has 1 aromatic rings. The van der Waals surface area contributed by atoms with E-state index >= 15 is 0 Å². The zero-order valence-electron chi connectivity index (χ0n) is 14.9. The predicted octanol–water partition coefficient (Wildman–Crippen LogP) is 2.65. The second-order valence-corrected chi connectivity index (χ2v) is 7.65. The average molecular weight is 343 g/mol. The molecule has 2 heterocycles. The third kappa shape index (κ3) is 4.33. The Morgan fingerprint density at radius 1 is 1.12 bits per heavy atom. The lowest BCUT2D eigenvalue weighted by molar-refractivity contribution is 0.0825. The fourth-order valence-corrected chi connectivity index (χ4v) is 4.12. The minimum absolute atomic E-state index is 0.0721. The van der Waals surface area contributed by atoms with Crippen molar-refractivity contribution in [1.82, 2.24) is 15.5 Å². The van der Waals surface area contributed by atoms with Gasteiger partial charge in [-0.2, -0.15) is 0 Å². The molecule has 0 unspecified atom stereocenters. The van der Waals surface area contributed by atoms with Crippen molar-refractivity contribution in [2.75, 3.05) is 19.7 Å². The molecule has 25 heavy (non-hydrogen) atoms. The summed E-state index contributed by atoms with van der Waals surface area (Å²) in [6.07, 6.45) is 6.25. The number of urea groups is 1. The number of ether oxygens (including phenoxy) is 1. The molecule has 2 N–H and O–H groups in total.